The second-order valence-corrected chi connectivity index (χ2v) is 5.95. The van der Waals surface area contributed by atoms with Crippen molar-refractivity contribution in [3.05, 3.63) is 77.1 Å². The number of carbonyl (C=O) groups excluding carboxylic acids is 1. The van der Waals surface area contributed by atoms with Crippen LogP contribution >= 0.6 is 0 Å². The highest BCUT2D eigenvalue weighted by Crippen LogP contribution is 2.24. The van der Waals surface area contributed by atoms with Crippen LogP contribution in [0.1, 0.15) is 27.3 Å². The number of benzene rings is 2. The van der Waals surface area contributed by atoms with Gasteiger partial charge < -0.3 is 14.8 Å². The van der Waals surface area contributed by atoms with E-state index in [0.717, 1.165) is 17.1 Å². The smallest absolute Gasteiger partial charge is 0.271 e. The summed E-state index contributed by atoms with van der Waals surface area (Å²) in [5.74, 6) is -0.789. The molecule has 0 radical (unpaired) electrons. The fourth-order valence-electron chi connectivity index (χ4n) is 2.69. The molecule has 0 saturated heterocycles. The van der Waals surface area contributed by atoms with Crippen LogP contribution in [-0.2, 0) is 0 Å². The molecule has 1 amide bonds. The Morgan fingerprint density at radius 1 is 0.962 bits per heavy atom. The summed E-state index contributed by atoms with van der Waals surface area (Å²) < 4.78 is 2.11. The SMILES string of the molecule is Cc1ccc(C)n1-c1ccc(C(=O)N/N=C/c2ccc(O)c(O)c2)cc1. The van der Waals surface area contributed by atoms with Gasteiger partial charge in [-0.05, 0) is 74.0 Å². The van der Waals surface area contributed by atoms with Gasteiger partial charge >= 0.3 is 0 Å². The van der Waals surface area contributed by atoms with Gasteiger partial charge in [0, 0.05) is 22.6 Å². The van der Waals surface area contributed by atoms with Crippen LogP contribution in [-0.4, -0.2) is 26.9 Å². The minimum absolute atomic E-state index is 0.209. The highest BCUT2D eigenvalue weighted by Gasteiger charge is 2.07. The summed E-state index contributed by atoms with van der Waals surface area (Å²) >= 11 is 0. The number of nitrogens with one attached hydrogen (secondary N) is 1. The molecule has 132 valence electrons. The van der Waals surface area contributed by atoms with Crippen LogP contribution in [0.25, 0.3) is 5.69 Å². The molecule has 0 bridgehead atoms. The Bertz CT molecular complexity index is 953. The highest BCUT2D eigenvalue weighted by molar-refractivity contribution is 5.95. The van der Waals surface area contributed by atoms with Crippen molar-refractivity contribution in [3.8, 4) is 17.2 Å². The molecule has 1 heterocycles. The number of hydrogen-bond donors (Lipinski definition) is 3. The van der Waals surface area contributed by atoms with Gasteiger partial charge in [0.2, 0.25) is 0 Å². The molecule has 0 aliphatic carbocycles. The van der Waals surface area contributed by atoms with Gasteiger partial charge in [-0.25, -0.2) is 5.43 Å². The minimum atomic E-state index is -0.336. The van der Waals surface area contributed by atoms with E-state index in [2.05, 4.69) is 15.1 Å². The number of hydrogen-bond acceptors (Lipinski definition) is 4. The lowest BCUT2D eigenvalue weighted by Crippen LogP contribution is -2.17. The van der Waals surface area contributed by atoms with Crippen LogP contribution in [0.15, 0.2) is 59.7 Å². The van der Waals surface area contributed by atoms with E-state index in [4.69, 9.17) is 0 Å². The minimum Gasteiger partial charge on any atom is -0.504 e. The van der Waals surface area contributed by atoms with Crippen molar-refractivity contribution in [1.29, 1.82) is 0 Å². The van der Waals surface area contributed by atoms with Crippen LogP contribution in [0.2, 0.25) is 0 Å². The summed E-state index contributed by atoms with van der Waals surface area (Å²) in [5, 5.41) is 22.6. The largest absolute Gasteiger partial charge is 0.504 e. The third kappa shape index (κ3) is 3.59. The molecule has 0 saturated carbocycles. The maximum atomic E-state index is 12.2. The monoisotopic (exact) mass is 349 g/mol. The van der Waals surface area contributed by atoms with Crippen molar-refractivity contribution >= 4 is 12.1 Å². The number of phenols is 2. The standard InChI is InChI=1S/C20H19N3O3/c1-13-3-4-14(2)23(13)17-8-6-16(7-9-17)20(26)22-21-12-15-5-10-18(24)19(25)11-15/h3-12,24-25H,1-2H3,(H,22,26)/b21-12+. The molecule has 26 heavy (non-hydrogen) atoms. The lowest BCUT2D eigenvalue weighted by atomic mass is 10.2. The molecule has 2 aromatic carbocycles. The average molecular weight is 349 g/mol. The molecule has 0 unspecified atom stereocenters. The van der Waals surface area contributed by atoms with E-state index in [1.54, 1.807) is 18.2 Å². The first-order valence-corrected chi connectivity index (χ1v) is 8.06. The lowest BCUT2D eigenvalue weighted by Gasteiger charge is -2.10. The zero-order chi connectivity index (χ0) is 18.7. The Morgan fingerprint density at radius 2 is 1.62 bits per heavy atom. The van der Waals surface area contributed by atoms with Gasteiger partial charge in [-0.1, -0.05) is 0 Å². The molecule has 0 aliphatic heterocycles. The second kappa shape index (κ2) is 7.14. The Hall–Kier alpha value is -3.54. The lowest BCUT2D eigenvalue weighted by molar-refractivity contribution is 0.0955. The van der Waals surface area contributed by atoms with Gasteiger partial charge in [0.05, 0.1) is 6.21 Å². The number of hydrazone groups is 1. The summed E-state index contributed by atoms with van der Waals surface area (Å²) in [6, 6.07) is 15.6. The quantitative estimate of drug-likeness (QED) is 0.384. The molecule has 0 atom stereocenters. The Balaban J connectivity index is 1.68. The number of aromatic nitrogens is 1. The second-order valence-electron chi connectivity index (χ2n) is 5.95. The number of amides is 1. The Labute approximate surface area is 151 Å². The van der Waals surface area contributed by atoms with E-state index < -0.39 is 0 Å². The number of rotatable bonds is 4. The van der Waals surface area contributed by atoms with E-state index in [-0.39, 0.29) is 17.4 Å². The zero-order valence-electron chi connectivity index (χ0n) is 14.5. The van der Waals surface area contributed by atoms with E-state index in [9.17, 15) is 15.0 Å². The first-order chi connectivity index (χ1) is 12.5. The van der Waals surface area contributed by atoms with Gasteiger partial charge in [0.1, 0.15) is 0 Å². The van der Waals surface area contributed by atoms with Gasteiger partial charge in [-0.3, -0.25) is 4.79 Å². The summed E-state index contributed by atoms with van der Waals surface area (Å²) in [7, 11) is 0. The third-order valence-electron chi connectivity index (χ3n) is 4.04. The number of aromatic hydroxyl groups is 2. The van der Waals surface area contributed by atoms with Gasteiger partial charge in [0.15, 0.2) is 11.5 Å². The topological polar surface area (TPSA) is 86.9 Å². The summed E-state index contributed by atoms with van der Waals surface area (Å²) in [6.07, 6.45) is 1.39. The molecule has 6 heteroatoms. The van der Waals surface area contributed by atoms with Crippen molar-refractivity contribution in [2.45, 2.75) is 13.8 Å². The van der Waals surface area contributed by atoms with Crippen LogP contribution < -0.4 is 5.43 Å². The van der Waals surface area contributed by atoms with Crippen LogP contribution in [0.4, 0.5) is 0 Å². The Morgan fingerprint density at radius 3 is 2.23 bits per heavy atom. The van der Waals surface area contributed by atoms with Crippen molar-refractivity contribution in [2.24, 2.45) is 5.10 Å². The fourth-order valence-corrected chi connectivity index (χ4v) is 2.69. The molecule has 0 fully saturated rings. The van der Waals surface area contributed by atoms with Crippen molar-refractivity contribution in [1.82, 2.24) is 9.99 Å². The van der Waals surface area contributed by atoms with Gasteiger partial charge in [-0.2, -0.15) is 5.10 Å². The van der Waals surface area contributed by atoms with Crippen LogP contribution in [0.3, 0.4) is 0 Å². The molecular weight excluding hydrogens is 330 g/mol. The fraction of sp³-hybridized carbons (Fsp3) is 0.100. The van der Waals surface area contributed by atoms with Gasteiger partial charge in [0.25, 0.3) is 5.91 Å². The molecule has 1 aromatic heterocycles. The first kappa shape index (κ1) is 17.3. The van der Waals surface area contributed by atoms with Crippen LogP contribution in [0, 0.1) is 13.8 Å². The molecule has 6 nitrogen and oxygen atoms in total. The number of phenolic OH excluding ortho intramolecular Hbond substituents is 2. The normalized spacial score (nSPS) is 11.0. The number of aryl methyl sites for hydroxylation is 2. The van der Waals surface area contributed by atoms with E-state index >= 15 is 0 Å². The molecular formula is C20H19N3O3. The van der Waals surface area contributed by atoms with E-state index in [0.29, 0.717) is 11.1 Å². The number of carbonyl (C=O) groups is 1. The molecule has 0 aliphatic rings. The molecule has 0 spiro atoms. The average Bonchev–Trinajstić information content (AvgIpc) is 2.96. The summed E-state index contributed by atoms with van der Waals surface area (Å²) in [5.41, 5.74) is 6.72. The van der Waals surface area contributed by atoms with Crippen molar-refractivity contribution in [2.75, 3.05) is 0 Å². The zero-order valence-corrected chi connectivity index (χ0v) is 14.5. The predicted octanol–water partition coefficient (Wildman–Crippen LogP) is 3.27. The number of nitrogens with zero attached hydrogens (tertiary/aromatic N) is 2. The van der Waals surface area contributed by atoms with Crippen LogP contribution in [0.5, 0.6) is 11.5 Å². The molecule has 3 N–H and O–H groups in total. The Kier molecular flexibility index (Phi) is 4.75. The molecule has 3 rings (SSSR count). The predicted molar refractivity (Wildman–Crippen MR) is 100 cm³/mol. The van der Waals surface area contributed by atoms with Crippen molar-refractivity contribution < 1.29 is 15.0 Å². The van der Waals surface area contributed by atoms with E-state index in [1.807, 2.05) is 38.1 Å². The van der Waals surface area contributed by atoms with E-state index in [1.165, 1.54) is 18.3 Å². The maximum absolute atomic E-state index is 12.2. The maximum Gasteiger partial charge on any atom is 0.271 e. The highest BCUT2D eigenvalue weighted by atomic mass is 16.3. The summed E-state index contributed by atoms with van der Waals surface area (Å²) in [6.45, 7) is 4.06. The third-order valence-corrected chi connectivity index (χ3v) is 4.04. The molecule has 3 aromatic rings. The summed E-state index contributed by atoms with van der Waals surface area (Å²) in [4.78, 5) is 12.2. The van der Waals surface area contributed by atoms with Crippen molar-refractivity contribution in [3.63, 3.8) is 0 Å². The first-order valence-electron chi connectivity index (χ1n) is 8.06. The van der Waals surface area contributed by atoms with Gasteiger partial charge in [-0.15, -0.1) is 0 Å².